The molecule has 0 N–H and O–H groups in total. The summed E-state index contributed by atoms with van der Waals surface area (Å²) in [5, 5.41) is 0. The average Bonchev–Trinajstić information content (AvgIpc) is 2.90. The molecule has 3 saturated carbocycles. The predicted molar refractivity (Wildman–Crippen MR) is 95.5 cm³/mol. The number of amides is 1. The number of nitrogens with zero attached hydrogens (tertiary/aromatic N) is 1. The van der Waals surface area contributed by atoms with E-state index in [2.05, 4.69) is 32.7 Å². The van der Waals surface area contributed by atoms with E-state index in [1.807, 2.05) is 7.11 Å². The van der Waals surface area contributed by atoms with Crippen LogP contribution in [0.5, 0.6) is 0 Å². The van der Waals surface area contributed by atoms with Gasteiger partial charge in [-0.05, 0) is 73.0 Å². The van der Waals surface area contributed by atoms with E-state index in [4.69, 9.17) is 4.74 Å². The highest BCUT2D eigenvalue weighted by atomic mass is 16.5. The van der Waals surface area contributed by atoms with Gasteiger partial charge in [-0.2, -0.15) is 0 Å². The number of carbonyl (C=O) groups is 1. The molecule has 0 aromatic heterocycles. The minimum atomic E-state index is 0.326. The summed E-state index contributed by atoms with van der Waals surface area (Å²) in [5.41, 5.74) is 0.808. The zero-order valence-corrected chi connectivity index (χ0v) is 16.2. The van der Waals surface area contributed by atoms with Crippen molar-refractivity contribution in [3.8, 4) is 0 Å². The maximum absolute atomic E-state index is 12.3. The molecule has 3 heteroatoms. The first-order valence-electron chi connectivity index (χ1n) is 10.1. The van der Waals surface area contributed by atoms with Crippen molar-refractivity contribution in [1.82, 2.24) is 4.90 Å². The number of carbonyl (C=O) groups excluding carboxylic acids is 1. The third kappa shape index (κ3) is 2.15. The van der Waals surface area contributed by atoms with Crippen LogP contribution in [0.15, 0.2) is 0 Å². The molecule has 1 amide bonds. The largest absolute Gasteiger partial charge is 0.381 e. The van der Waals surface area contributed by atoms with Crippen LogP contribution >= 0.6 is 0 Å². The normalized spacial score (nSPS) is 54.2. The van der Waals surface area contributed by atoms with Crippen molar-refractivity contribution < 1.29 is 9.53 Å². The van der Waals surface area contributed by atoms with E-state index < -0.39 is 0 Å². The van der Waals surface area contributed by atoms with Gasteiger partial charge in [-0.25, -0.2) is 0 Å². The van der Waals surface area contributed by atoms with E-state index in [-0.39, 0.29) is 0 Å². The Bertz CT molecular complexity index is 534. The second-order valence-electron chi connectivity index (χ2n) is 10.0. The van der Waals surface area contributed by atoms with Crippen LogP contribution in [0.2, 0.25) is 0 Å². The summed E-state index contributed by atoms with van der Waals surface area (Å²) < 4.78 is 5.79. The summed E-state index contributed by atoms with van der Waals surface area (Å²) in [6, 6.07) is 0.457. The zero-order chi connectivity index (χ0) is 17.3. The number of piperidine rings is 1. The summed E-state index contributed by atoms with van der Waals surface area (Å²) >= 11 is 0. The fraction of sp³-hybridized carbons (Fsp3) is 0.952. The first-order chi connectivity index (χ1) is 11.3. The lowest BCUT2D eigenvalue weighted by atomic mass is 9.45. The van der Waals surface area contributed by atoms with Crippen LogP contribution in [-0.4, -0.2) is 37.1 Å². The molecule has 0 bridgehead atoms. The number of hydrogen-bond acceptors (Lipinski definition) is 2. The lowest BCUT2D eigenvalue weighted by Crippen LogP contribution is -2.62. The highest BCUT2D eigenvalue weighted by Crippen LogP contribution is 2.66. The molecule has 1 heterocycles. The van der Waals surface area contributed by atoms with E-state index >= 15 is 0 Å². The predicted octanol–water partition coefficient (Wildman–Crippen LogP) is 4.11. The highest BCUT2D eigenvalue weighted by Gasteiger charge is 2.62. The Kier molecular flexibility index (Phi) is 3.84. The van der Waals surface area contributed by atoms with E-state index in [1.165, 1.54) is 32.1 Å². The molecule has 3 aliphatic carbocycles. The van der Waals surface area contributed by atoms with Gasteiger partial charge in [0.1, 0.15) is 0 Å². The summed E-state index contributed by atoms with van der Waals surface area (Å²) in [6.45, 7) is 7.51. The molecule has 8 atom stereocenters. The minimum absolute atomic E-state index is 0.326. The monoisotopic (exact) mass is 333 g/mol. The van der Waals surface area contributed by atoms with Crippen LogP contribution in [-0.2, 0) is 9.53 Å². The van der Waals surface area contributed by atoms with E-state index in [9.17, 15) is 4.79 Å². The molecule has 1 aliphatic heterocycles. The Morgan fingerprint density at radius 1 is 1.17 bits per heavy atom. The van der Waals surface area contributed by atoms with Gasteiger partial charge in [0.25, 0.3) is 0 Å². The summed E-state index contributed by atoms with van der Waals surface area (Å²) in [6.07, 6.45) is 8.74. The SMILES string of the molecule is CO[C@@H]1CC2C3C(C)CC4N(C)C(=O)CC[C@]4(C)C3CC[C@]2(C)C1. The Morgan fingerprint density at radius 2 is 1.92 bits per heavy atom. The number of rotatable bonds is 1. The topological polar surface area (TPSA) is 29.5 Å². The average molecular weight is 334 g/mol. The maximum atomic E-state index is 12.3. The van der Waals surface area contributed by atoms with Gasteiger partial charge < -0.3 is 9.64 Å². The third-order valence-electron chi connectivity index (χ3n) is 8.99. The molecule has 0 spiro atoms. The zero-order valence-electron chi connectivity index (χ0n) is 16.2. The quantitative estimate of drug-likeness (QED) is 0.723. The van der Waals surface area contributed by atoms with Crippen molar-refractivity contribution >= 4 is 5.91 Å². The van der Waals surface area contributed by atoms with Crippen molar-refractivity contribution in [3.63, 3.8) is 0 Å². The van der Waals surface area contributed by atoms with Crippen LogP contribution < -0.4 is 0 Å². The molecule has 4 fully saturated rings. The van der Waals surface area contributed by atoms with E-state index in [1.54, 1.807) is 0 Å². The van der Waals surface area contributed by atoms with Crippen LogP contribution in [0.4, 0.5) is 0 Å². The number of likely N-dealkylation sites (tertiary alicyclic amines) is 1. The highest BCUT2D eigenvalue weighted by molar-refractivity contribution is 5.77. The van der Waals surface area contributed by atoms with Crippen molar-refractivity contribution in [3.05, 3.63) is 0 Å². The lowest BCUT2D eigenvalue weighted by Gasteiger charge is -2.63. The fourth-order valence-electron chi connectivity index (χ4n) is 7.64. The number of methoxy groups -OCH3 is 1. The minimum Gasteiger partial charge on any atom is -0.381 e. The first-order valence-corrected chi connectivity index (χ1v) is 10.1. The van der Waals surface area contributed by atoms with Crippen molar-refractivity contribution in [1.29, 1.82) is 0 Å². The molecular weight excluding hydrogens is 298 g/mol. The Morgan fingerprint density at radius 3 is 2.62 bits per heavy atom. The van der Waals surface area contributed by atoms with Gasteiger partial charge in [0.05, 0.1) is 6.10 Å². The van der Waals surface area contributed by atoms with Gasteiger partial charge in [0, 0.05) is 26.6 Å². The molecule has 4 rings (SSSR count). The molecule has 24 heavy (non-hydrogen) atoms. The Hall–Kier alpha value is -0.570. The van der Waals surface area contributed by atoms with Crippen molar-refractivity contribution in [2.75, 3.05) is 14.2 Å². The molecule has 0 radical (unpaired) electrons. The van der Waals surface area contributed by atoms with Gasteiger partial charge in [0.15, 0.2) is 0 Å². The molecular formula is C21H35NO2. The van der Waals surface area contributed by atoms with E-state index in [0.29, 0.717) is 28.9 Å². The van der Waals surface area contributed by atoms with Gasteiger partial charge in [-0.3, -0.25) is 4.79 Å². The standard InChI is InChI=1S/C21H35NO2/c1-13-10-17-21(3,9-7-18(23)22(17)4)15-6-8-20(2)12-14(24-5)11-16(20)19(13)15/h13-17,19H,6-12H2,1-5H3/t13?,14-,15?,16?,17?,19?,20-,21-/m1/s1. The number of hydrogen-bond donors (Lipinski definition) is 0. The second-order valence-corrected chi connectivity index (χ2v) is 10.0. The van der Waals surface area contributed by atoms with Crippen LogP contribution in [0.25, 0.3) is 0 Å². The second kappa shape index (κ2) is 5.46. The number of fused-ring (bicyclic) bond motifs is 5. The van der Waals surface area contributed by atoms with Crippen LogP contribution in [0.1, 0.15) is 65.7 Å². The first kappa shape index (κ1) is 16.9. The van der Waals surface area contributed by atoms with Crippen molar-refractivity contribution in [2.45, 2.75) is 77.9 Å². The molecule has 136 valence electrons. The maximum Gasteiger partial charge on any atom is 0.222 e. The van der Waals surface area contributed by atoms with Crippen LogP contribution in [0.3, 0.4) is 0 Å². The van der Waals surface area contributed by atoms with Gasteiger partial charge in [0.2, 0.25) is 5.91 Å². The molecule has 0 aromatic carbocycles. The molecule has 5 unspecified atom stereocenters. The molecule has 3 nitrogen and oxygen atoms in total. The molecule has 4 aliphatic rings. The van der Waals surface area contributed by atoms with Gasteiger partial charge in [-0.1, -0.05) is 20.8 Å². The summed E-state index contributed by atoms with van der Waals surface area (Å²) in [5.74, 6) is 3.52. The lowest BCUT2D eigenvalue weighted by molar-refractivity contribution is -0.164. The van der Waals surface area contributed by atoms with E-state index in [0.717, 1.165) is 36.5 Å². The van der Waals surface area contributed by atoms with Gasteiger partial charge >= 0.3 is 0 Å². The molecule has 0 aromatic rings. The third-order valence-corrected chi connectivity index (χ3v) is 8.99. The number of ether oxygens (including phenoxy) is 1. The smallest absolute Gasteiger partial charge is 0.222 e. The Balaban J connectivity index is 1.68. The molecule has 1 saturated heterocycles. The van der Waals surface area contributed by atoms with Crippen LogP contribution in [0, 0.1) is 34.5 Å². The summed E-state index contributed by atoms with van der Waals surface area (Å²) in [4.78, 5) is 14.4. The summed E-state index contributed by atoms with van der Waals surface area (Å²) in [7, 11) is 3.95. The van der Waals surface area contributed by atoms with Crippen molar-refractivity contribution in [2.24, 2.45) is 34.5 Å². The fourth-order valence-corrected chi connectivity index (χ4v) is 7.64. The Labute approximate surface area is 147 Å². The van der Waals surface area contributed by atoms with Gasteiger partial charge in [-0.15, -0.1) is 0 Å².